The molecule has 2 aromatic heterocycles. The van der Waals surface area contributed by atoms with Gasteiger partial charge in [-0.3, -0.25) is 4.79 Å². The Labute approximate surface area is 147 Å². The number of aromatic nitrogens is 4. The molecule has 1 aromatic carbocycles. The quantitative estimate of drug-likeness (QED) is 0.719. The highest BCUT2D eigenvalue weighted by atomic mass is 32.2. The molecular formula is C16H16FN5O2S. The van der Waals surface area contributed by atoms with Crippen molar-refractivity contribution in [2.75, 3.05) is 12.3 Å². The number of carbonyl (C=O) groups excluding carboxylic acids is 1. The molecule has 25 heavy (non-hydrogen) atoms. The van der Waals surface area contributed by atoms with Crippen LogP contribution in [0.5, 0.6) is 0 Å². The first-order valence-corrected chi connectivity index (χ1v) is 8.96. The van der Waals surface area contributed by atoms with Crippen molar-refractivity contribution in [3.05, 3.63) is 35.7 Å². The van der Waals surface area contributed by atoms with E-state index in [1.54, 1.807) is 13.0 Å². The molecule has 1 aliphatic rings. The first-order valence-electron chi connectivity index (χ1n) is 7.98. The van der Waals surface area contributed by atoms with Gasteiger partial charge in [-0.25, -0.2) is 9.37 Å². The minimum Gasteiger partial charge on any atom is -0.416 e. The van der Waals surface area contributed by atoms with E-state index in [9.17, 15) is 9.18 Å². The first kappa shape index (κ1) is 16.1. The molecule has 9 heteroatoms. The number of nitrogens with zero attached hydrogens (tertiary/aromatic N) is 4. The van der Waals surface area contributed by atoms with Crippen molar-refractivity contribution in [1.29, 1.82) is 0 Å². The zero-order chi connectivity index (χ0) is 17.4. The summed E-state index contributed by atoms with van der Waals surface area (Å²) in [5.41, 5.74) is 1.34. The van der Waals surface area contributed by atoms with Gasteiger partial charge in [-0.1, -0.05) is 11.8 Å². The van der Waals surface area contributed by atoms with Gasteiger partial charge in [0.2, 0.25) is 11.8 Å². The lowest BCUT2D eigenvalue weighted by Crippen LogP contribution is -2.32. The van der Waals surface area contributed by atoms with Crippen LogP contribution >= 0.6 is 11.8 Å². The summed E-state index contributed by atoms with van der Waals surface area (Å²) in [6.07, 6.45) is 1.74. The Hall–Kier alpha value is -2.42. The number of hydrogen-bond acceptors (Lipinski definition) is 6. The zero-order valence-electron chi connectivity index (χ0n) is 13.5. The number of imidazole rings is 1. The van der Waals surface area contributed by atoms with Crippen molar-refractivity contribution in [2.45, 2.75) is 31.0 Å². The Morgan fingerprint density at radius 2 is 2.36 bits per heavy atom. The van der Waals surface area contributed by atoms with Gasteiger partial charge in [-0.2, -0.15) is 0 Å². The number of amides is 1. The van der Waals surface area contributed by atoms with Crippen LogP contribution in [-0.2, 0) is 4.79 Å². The molecule has 0 saturated carbocycles. The van der Waals surface area contributed by atoms with Gasteiger partial charge in [0.05, 0.1) is 22.8 Å². The van der Waals surface area contributed by atoms with Gasteiger partial charge in [0.25, 0.3) is 5.22 Å². The predicted molar refractivity (Wildman–Crippen MR) is 89.5 cm³/mol. The van der Waals surface area contributed by atoms with Gasteiger partial charge in [-0.05, 0) is 31.0 Å². The van der Waals surface area contributed by atoms with Gasteiger partial charge >= 0.3 is 0 Å². The molecule has 0 spiro atoms. The van der Waals surface area contributed by atoms with Crippen molar-refractivity contribution >= 4 is 28.7 Å². The van der Waals surface area contributed by atoms with E-state index in [2.05, 4.69) is 20.2 Å². The normalized spacial score (nSPS) is 17.5. The van der Waals surface area contributed by atoms with Crippen molar-refractivity contribution in [3.63, 3.8) is 0 Å². The molecule has 1 saturated heterocycles. The lowest BCUT2D eigenvalue weighted by atomic mass is 10.2. The SMILES string of the molecule is Cc1nnc(SCC(=O)N2CCC[C@H]2c2nc3ccc(F)cc3[nH]2)o1. The number of H-pyrrole nitrogens is 1. The van der Waals surface area contributed by atoms with Crippen LogP contribution in [0.25, 0.3) is 11.0 Å². The Balaban J connectivity index is 1.49. The summed E-state index contributed by atoms with van der Waals surface area (Å²) in [5, 5.41) is 8.02. The summed E-state index contributed by atoms with van der Waals surface area (Å²) in [7, 11) is 0. The minimum absolute atomic E-state index is 0.00464. The number of carbonyl (C=O) groups is 1. The molecule has 130 valence electrons. The number of nitrogens with one attached hydrogen (secondary N) is 1. The molecule has 1 amide bonds. The van der Waals surface area contributed by atoms with Crippen LogP contribution in [0.3, 0.4) is 0 Å². The van der Waals surface area contributed by atoms with Crippen molar-refractivity contribution < 1.29 is 13.6 Å². The lowest BCUT2D eigenvalue weighted by Gasteiger charge is -2.22. The fraction of sp³-hybridized carbons (Fsp3) is 0.375. The summed E-state index contributed by atoms with van der Waals surface area (Å²) in [6, 6.07) is 4.32. The third-order valence-corrected chi connectivity index (χ3v) is 4.98. The van der Waals surface area contributed by atoms with Crippen LogP contribution in [0.15, 0.2) is 27.8 Å². The highest BCUT2D eigenvalue weighted by Crippen LogP contribution is 2.32. The number of aromatic amines is 1. The highest BCUT2D eigenvalue weighted by molar-refractivity contribution is 7.99. The molecule has 0 aliphatic carbocycles. The zero-order valence-corrected chi connectivity index (χ0v) is 14.3. The maximum Gasteiger partial charge on any atom is 0.277 e. The fourth-order valence-electron chi connectivity index (χ4n) is 3.05. The third kappa shape index (κ3) is 3.23. The number of hydrogen-bond donors (Lipinski definition) is 1. The molecule has 1 aliphatic heterocycles. The fourth-order valence-corrected chi connectivity index (χ4v) is 3.74. The number of aryl methyl sites for hydroxylation is 1. The highest BCUT2D eigenvalue weighted by Gasteiger charge is 2.32. The van der Waals surface area contributed by atoms with Crippen LogP contribution in [-0.4, -0.2) is 43.3 Å². The van der Waals surface area contributed by atoms with E-state index >= 15 is 0 Å². The summed E-state index contributed by atoms with van der Waals surface area (Å²) < 4.78 is 18.6. The summed E-state index contributed by atoms with van der Waals surface area (Å²) in [4.78, 5) is 22.1. The largest absolute Gasteiger partial charge is 0.416 e. The molecular weight excluding hydrogens is 345 g/mol. The summed E-state index contributed by atoms with van der Waals surface area (Å²) >= 11 is 1.23. The number of likely N-dealkylation sites (tertiary alicyclic amines) is 1. The number of halogens is 1. The number of rotatable bonds is 4. The van der Waals surface area contributed by atoms with E-state index in [1.165, 1.54) is 23.9 Å². The van der Waals surface area contributed by atoms with Crippen LogP contribution in [0.2, 0.25) is 0 Å². The second kappa shape index (κ2) is 6.47. The van der Waals surface area contributed by atoms with Crippen molar-refractivity contribution in [1.82, 2.24) is 25.1 Å². The number of benzene rings is 1. The third-order valence-electron chi connectivity index (χ3n) is 4.18. The Kier molecular flexibility index (Phi) is 4.16. The van der Waals surface area contributed by atoms with Gasteiger partial charge < -0.3 is 14.3 Å². The molecule has 1 N–H and O–H groups in total. The van der Waals surface area contributed by atoms with E-state index in [0.29, 0.717) is 34.5 Å². The first-order chi connectivity index (χ1) is 12.1. The molecule has 7 nitrogen and oxygen atoms in total. The van der Waals surface area contributed by atoms with E-state index in [4.69, 9.17) is 4.42 Å². The van der Waals surface area contributed by atoms with Crippen LogP contribution in [0.1, 0.15) is 30.6 Å². The van der Waals surface area contributed by atoms with Crippen LogP contribution < -0.4 is 0 Å². The lowest BCUT2D eigenvalue weighted by molar-refractivity contribution is -0.129. The smallest absolute Gasteiger partial charge is 0.277 e. The Bertz CT molecular complexity index is 924. The molecule has 1 fully saturated rings. The van der Waals surface area contributed by atoms with Gasteiger partial charge in [0.15, 0.2) is 0 Å². The topological polar surface area (TPSA) is 87.9 Å². The van der Waals surface area contributed by atoms with Crippen molar-refractivity contribution in [3.8, 4) is 0 Å². The Morgan fingerprint density at radius 1 is 1.48 bits per heavy atom. The maximum absolute atomic E-state index is 13.4. The molecule has 0 unspecified atom stereocenters. The monoisotopic (exact) mass is 361 g/mol. The summed E-state index contributed by atoms with van der Waals surface area (Å²) in [6.45, 7) is 2.39. The second-order valence-electron chi connectivity index (χ2n) is 5.90. The van der Waals surface area contributed by atoms with E-state index < -0.39 is 0 Å². The van der Waals surface area contributed by atoms with Crippen LogP contribution in [0.4, 0.5) is 4.39 Å². The molecule has 4 rings (SSSR count). The average molecular weight is 361 g/mol. The predicted octanol–water partition coefficient (Wildman–Crippen LogP) is 2.85. The Morgan fingerprint density at radius 3 is 3.16 bits per heavy atom. The molecule has 1 atom stereocenters. The maximum atomic E-state index is 13.4. The van der Waals surface area contributed by atoms with E-state index in [0.717, 1.165) is 12.8 Å². The molecule has 0 bridgehead atoms. The average Bonchev–Trinajstić information content (AvgIpc) is 3.30. The van der Waals surface area contributed by atoms with E-state index in [1.807, 2.05) is 4.90 Å². The standard InChI is InChI=1S/C16H16FN5O2S/c1-9-20-21-16(24-9)25-8-14(23)22-6-2-3-13(22)15-18-11-5-4-10(17)7-12(11)19-15/h4-5,7,13H,2-3,6,8H2,1H3,(H,18,19)/t13-/m0/s1. The minimum atomic E-state index is -0.312. The summed E-state index contributed by atoms with van der Waals surface area (Å²) in [5.74, 6) is 1.09. The molecule has 3 heterocycles. The number of thioether (sulfide) groups is 1. The van der Waals surface area contributed by atoms with Gasteiger partial charge in [0, 0.05) is 13.5 Å². The van der Waals surface area contributed by atoms with Gasteiger partial charge in [-0.15, -0.1) is 10.2 Å². The molecule has 3 aromatic rings. The van der Waals surface area contributed by atoms with Crippen LogP contribution in [0, 0.1) is 12.7 Å². The second-order valence-corrected chi connectivity index (χ2v) is 6.83. The van der Waals surface area contributed by atoms with E-state index in [-0.39, 0.29) is 23.5 Å². The molecule has 0 radical (unpaired) electrons. The van der Waals surface area contributed by atoms with Gasteiger partial charge in [0.1, 0.15) is 11.6 Å². The number of fused-ring (bicyclic) bond motifs is 1. The van der Waals surface area contributed by atoms with Crippen molar-refractivity contribution in [2.24, 2.45) is 0 Å².